The zero-order valence-electron chi connectivity index (χ0n) is 15.9. The first-order valence-electron chi connectivity index (χ1n) is 8.93. The molecule has 1 atom stereocenters. The highest BCUT2D eigenvalue weighted by molar-refractivity contribution is 7.99. The Kier molecular flexibility index (Phi) is 8.10. The number of nitrogens with two attached hydrogens (primary N) is 1. The molecule has 0 radical (unpaired) electrons. The molecule has 158 valence electrons. The number of hydrogen-bond acceptors (Lipinski definition) is 4. The number of carbonyl (C=O) groups excluding carboxylic acids is 1. The number of alkyl halides is 3. The van der Waals surface area contributed by atoms with E-state index in [-0.39, 0.29) is 10.8 Å². The highest BCUT2D eigenvalue weighted by Crippen LogP contribution is 2.39. The monoisotopic (exact) mass is 447 g/mol. The number of halogens is 4. The largest absolute Gasteiger partial charge is 0.479 e. The summed E-state index contributed by atoms with van der Waals surface area (Å²) in [5.41, 5.74) is 4.55. The normalized spacial score (nSPS) is 12.5. The molecule has 2 aromatic rings. The van der Waals surface area contributed by atoms with E-state index in [2.05, 4.69) is 0 Å². The summed E-state index contributed by atoms with van der Waals surface area (Å²) in [5.74, 6) is 0.991. The molecule has 0 fully saturated rings. The van der Waals surface area contributed by atoms with Gasteiger partial charge >= 0.3 is 6.18 Å². The Morgan fingerprint density at radius 2 is 1.90 bits per heavy atom. The summed E-state index contributed by atoms with van der Waals surface area (Å²) in [4.78, 5) is 12.4. The van der Waals surface area contributed by atoms with E-state index in [4.69, 9.17) is 26.8 Å². The first-order chi connectivity index (χ1) is 13.7. The van der Waals surface area contributed by atoms with Crippen molar-refractivity contribution in [1.29, 1.82) is 0 Å². The second-order valence-electron chi connectivity index (χ2n) is 6.08. The van der Waals surface area contributed by atoms with Crippen molar-refractivity contribution in [3.8, 4) is 17.2 Å². The number of benzene rings is 2. The van der Waals surface area contributed by atoms with Gasteiger partial charge in [0.15, 0.2) is 6.10 Å². The van der Waals surface area contributed by atoms with Crippen LogP contribution in [0.1, 0.15) is 32.3 Å². The SMILES string of the molecule is CCCC(Oc1cc(Oc2ccc(C(F)(F)F)cc2Cl)ccc1SCC)C(N)=O. The van der Waals surface area contributed by atoms with Crippen LogP contribution in [0.4, 0.5) is 13.2 Å². The third-order valence-corrected chi connectivity index (χ3v) is 5.07. The molecule has 1 unspecified atom stereocenters. The molecule has 29 heavy (non-hydrogen) atoms. The Hall–Kier alpha value is -2.06. The van der Waals surface area contributed by atoms with E-state index in [1.807, 2.05) is 13.8 Å². The van der Waals surface area contributed by atoms with Crippen molar-refractivity contribution < 1.29 is 27.4 Å². The molecular formula is C20H21ClF3NO3S. The number of ether oxygens (including phenoxy) is 2. The summed E-state index contributed by atoms with van der Waals surface area (Å²) in [6, 6.07) is 7.82. The van der Waals surface area contributed by atoms with Crippen LogP contribution in [0.5, 0.6) is 17.2 Å². The van der Waals surface area contributed by atoms with E-state index in [0.29, 0.717) is 24.3 Å². The van der Waals surface area contributed by atoms with Gasteiger partial charge in [0.05, 0.1) is 10.6 Å². The van der Waals surface area contributed by atoms with Gasteiger partial charge in [0, 0.05) is 11.0 Å². The van der Waals surface area contributed by atoms with E-state index in [1.54, 1.807) is 18.2 Å². The molecule has 2 rings (SSSR count). The molecule has 2 N–H and O–H groups in total. The maximum absolute atomic E-state index is 12.8. The van der Waals surface area contributed by atoms with Gasteiger partial charge in [-0.05, 0) is 42.5 Å². The van der Waals surface area contributed by atoms with Crippen molar-refractivity contribution in [3.63, 3.8) is 0 Å². The standard InChI is InChI=1S/C20H21ClF3NO3S/c1-3-5-16(19(25)26)28-17-11-13(7-9-18(17)29-4-2)27-15-8-6-12(10-14(15)21)20(22,23)24/h6-11,16H,3-5H2,1-2H3,(H2,25,26). The summed E-state index contributed by atoms with van der Waals surface area (Å²) in [7, 11) is 0. The Morgan fingerprint density at radius 1 is 1.17 bits per heavy atom. The van der Waals surface area contributed by atoms with Crippen molar-refractivity contribution >= 4 is 29.3 Å². The predicted molar refractivity (Wildman–Crippen MR) is 108 cm³/mol. The number of thioether (sulfide) groups is 1. The lowest BCUT2D eigenvalue weighted by Gasteiger charge is -2.19. The topological polar surface area (TPSA) is 61.6 Å². The van der Waals surface area contributed by atoms with E-state index in [9.17, 15) is 18.0 Å². The summed E-state index contributed by atoms with van der Waals surface area (Å²) in [6.07, 6.45) is -4.12. The van der Waals surface area contributed by atoms with Gasteiger partial charge in [-0.3, -0.25) is 4.79 Å². The predicted octanol–water partition coefficient (Wildman–Crippen LogP) is 6.30. The number of amides is 1. The average Bonchev–Trinajstić information content (AvgIpc) is 2.64. The highest BCUT2D eigenvalue weighted by Gasteiger charge is 2.31. The minimum atomic E-state index is -4.49. The van der Waals surface area contributed by atoms with Crippen LogP contribution in [0, 0.1) is 0 Å². The first-order valence-corrected chi connectivity index (χ1v) is 10.3. The number of primary amides is 1. The first kappa shape index (κ1) is 23.2. The molecule has 0 saturated heterocycles. The van der Waals surface area contributed by atoms with Gasteiger partial charge in [-0.1, -0.05) is 31.9 Å². The Morgan fingerprint density at radius 3 is 2.45 bits per heavy atom. The smallest absolute Gasteiger partial charge is 0.416 e. The van der Waals surface area contributed by atoms with Gasteiger partial charge in [0.1, 0.15) is 17.2 Å². The van der Waals surface area contributed by atoms with Crippen LogP contribution < -0.4 is 15.2 Å². The van der Waals surface area contributed by atoms with Crippen LogP contribution in [0.15, 0.2) is 41.3 Å². The maximum atomic E-state index is 12.8. The van der Waals surface area contributed by atoms with Crippen LogP contribution in [-0.2, 0) is 11.0 Å². The van der Waals surface area contributed by atoms with E-state index < -0.39 is 23.8 Å². The van der Waals surface area contributed by atoms with E-state index >= 15 is 0 Å². The summed E-state index contributed by atoms with van der Waals surface area (Å²) in [5, 5.41) is -0.171. The fraction of sp³-hybridized carbons (Fsp3) is 0.350. The molecule has 0 aliphatic heterocycles. The quantitative estimate of drug-likeness (QED) is 0.458. The lowest BCUT2D eigenvalue weighted by atomic mass is 10.2. The van der Waals surface area contributed by atoms with Gasteiger partial charge in [0.2, 0.25) is 0 Å². The molecule has 2 aromatic carbocycles. The van der Waals surface area contributed by atoms with Gasteiger partial charge < -0.3 is 15.2 Å². The zero-order chi connectivity index (χ0) is 21.6. The number of hydrogen-bond donors (Lipinski definition) is 1. The lowest BCUT2D eigenvalue weighted by molar-refractivity contribution is -0.137. The van der Waals surface area contributed by atoms with Crippen molar-refractivity contribution in [1.82, 2.24) is 0 Å². The molecule has 0 bridgehead atoms. The molecular weight excluding hydrogens is 427 g/mol. The summed E-state index contributed by atoms with van der Waals surface area (Å²) < 4.78 is 49.8. The van der Waals surface area contributed by atoms with Crippen molar-refractivity contribution in [2.75, 3.05) is 5.75 Å². The fourth-order valence-corrected chi connectivity index (χ4v) is 3.42. The molecule has 9 heteroatoms. The molecule has 0 aliphatic carbocycles. The molecule has 0 heterocycles. The Bertz CT molecular complexity index is 861. The van der Waals surface area contributed by atoms with Crippen LogP contribution in [0.25, 0.3) is 0 Å². The fourth-order valence-electron chi connectivity index (χ4n) is 2.48. The van der Waals surface area contributed by atoms with Gasteiger partial charge in [-0.25, -0.2) is 0 Å². The van der Waals surface area contributed by atoms with Gasteiger partial charge in [-0.15, -0.1) is 11.8 Å². The van der Waals surface area contributed by atoms with Gasteiger partial charge in [-0.2, -0.15) is 13.2 Å². The van der Waals surface area contributed by atoms with Crippen LogP contribution >= 0.6 is 23.4 Å². The van der Waals surface area contributed by atoms with Crippen molar-refractivity contribution in [2.45, 2.75) is 43.9 Å². The third-order valence-electron chi connectivity index (χ3n) is 3.84. The van der Waals surface area contributed by atoms with Gasteiger partial charge in [0.25, 0.3) is 5.91 Å². The minimum absolute atomic E-state index is 0.0709. The average molecular weight is 448 g/mol. The Labute approximate surface area is 176 Å². The summed E-state index contributed by atoms with van der Waals surface area (Å²) >= 11 is 7.46. The second kappa shape index (κ2) is 10.1. The highest BCUT2D eigenvalue weighted by atomic mass is 35.5. The molecule has 0 aromatic heterocycles. The second-order valence-corrected chi connectivity index (χ2v) is 7.80. The van der Waals surface area contributed by atoms with Crippen LogP contribution in [0.2, 0.25) is 5.02 Å². The Balaban J connectivity index is 2.31. The molecule has 0 spiro atoms. The molecule has 0 saturated carbocycles. The molecule has 1 amide bonds. The minimum Gasteiger partial charge on any atom is -0.479 e. The summed E-state index contributed by atoms with van der Waals surface area (Å²) in [6.45, 7) is 3.88. The number of rotatable bonds is 9. The van der Waals surface area contributed by atoms with E-state index in [1.165, 1.54) is 11.8 Å². The van der Waals surface area contributed by atoms with E-state index in [0.717, 1.165) is 28.8 Å². The maximum Gasteiger partial charge on any atom is 0.416 e. The van der Waals surface area contributed by atoms with Crippen molar-refractivity contribution in [2.24, 2.45) is 5.73 Å². The number of carbonyl (C=O) groups is 1. The van der Waals surface area contributed by atoms with Crippen LogP contribution in [0.3, 0.4) is 0 Å². The lowest BCUT2D eigenvalue weighted by Crippen LogP contribution is -2.33. The van der Waals surface area contributed by atoms with Crippen molar-refractivity contribution in [3.05, 3.63) is 47.0 Å². The molecule has 0 aliphatic rings. The zero-order valence-corrected chi connectivity index (χ0v) is 17.5. The third kappa shape index (κ3) is 6.47. The molecule has 4 nitrogen and oxygen atoms in total. The van der Waals surface area contributed by atoms with Crippen LogP contribution in [-0.4, -0.2) is 17.8 Å².